The van der Waals surface area contributed by atoms with Gasteiger partial charge in [-0.2, -0.15) is 11.3 Å². The molecule has 0 unspecified atom stereocenters. The van der Waals surface area contributed by atoms with Gasteiger partial charge in [-0.3, -0.25) is 9.59 Å². The topological polar surface area (TPSA) is 34.1 Å². The normalized spacial score (nSPS) is 14.5. The maximum atomic E-state index is 14.9. The lowest BCUT2D eigenvalue weighted by Gasteiger charge is -2.25. The van der Waals surface area contributed by atoms with Crippen molar-refractivity contribution in [2.24, 2.45) is 0 Å². The van der Waals surface area contributed by atoms with Crippen LogP contribution < -0.4 is 0 Å². The monoisotopic (exact) mass is 1340 g/mol. The van der Waals surface area contributed by atoms with E-state index in [2.05, 4.69) is 161 Å². The smallest absolute Gasteiger partial charge is 0.202 e. The molecule has 7 aromatic heterocycles. The molecule has 89 heavy (non-hydrogen) atoms. The number of unbranched alkanes of at least 4 members (excludes halogenated alkanes) is 18. The molecule has 0 aliphatic carbocycles. The summed E-state index contributed by atoms with van der Waals surface area (Å²) in [5, 5.41) is 14.6. The molecule has 3 aromatic carbocycles. The molecule has 466 valence electrons. The fraction of sp³-hybridized carbons (Fsp3) is 0.436. The van der Waals surface area contributed by atoms with Crippen LogP contribution in [0.3, 0.4) is 0 Å². The van der Waals surface area contributed by atoms with Gasteiger partial charge in [-0.1, -0.05) is 207 Å². The highest BCUT2D eigenvalue weighted by Gasteiger charge is 2.39. The van der Waals surface area contributed by atoms with Gasteiger partial charge >= 0.3 is 0 Å². The molecule has 2 aliphatic heterocycles. The summed E-state index contributed by atoms with van der Waals surface area (Å²) in [6, 6.07) is 27.6. The Morgan fingerprint density at radius 1 is 0.404 bits per heavy atom. The molecule has 0 amide bonds. The summed E-state index contributed by atoms with van der Waals surface area (Å²) in [6.07, 6.45) is 31.2. The third-order valence-corrected chi connectivity index (χ3v) is 29.6. The first-order chi connectivity index (χ1) is 43.3. The van der Waals surface area contributed by atoms with E-state index >= 15 is 0 Å². The van der Waals surface area contributed by atoms with Gasteiger partial charge in [0.2, 0.25) is 11.6 Å². The second-order valence-corrected chi connectivity index (χ2v) is 35.4. The molecule has 2 aliphatic rings. The number of hydrogen-bond donors (Lipinski definition) is 0. The number of hydrogen-bond acceptors (Lipinski definition) is 11. The lowest BCUT2D eigenvalue weighted by Crippen LogP contribution is -2.17. The van der Waals surface area contributed by atoms with Crippen molar-refractivity contribution in [1.82, 2.24) is 0 Å². The molecule has 2 nitrogen and oxygen atoms in total. The first kappa shape index (κ1) is 65.2. The molecule has 0 N–H and O–H groups in total. The molecule has 0 radical (unpaired) electrons. The number of Topliss-reactive ketones (excluding diaryl/α,β-unsaturated/α-hetero) is 2. The Morgan fingerprint density at radius 3 is 1.34 bits per heavy atom. The van der Waals surface area contributed by atoms with E-state index in [4.69, 9.17) is 0 Å². The minimum absolute atomic E-state index is 0.0410. The predicted molar refractivity (Wildman–Crippen MR) is 403 cm³/mol. The Morgan fingerprint density at radius 2 is 0.854 bits per heavy atom. The van der Waals surface area contributed by atoms with Crippen molar-refractivity contribution in [2.45, 2.75) is 230 Å². The zero-order chi connectivity index (χ0) is 61.8. The van der Waals surface area contributed by atoms with E-state index in [1.54, 1.807) is 33.1 Å². The molecule has 0 fully saturated rings. The van der Waals surface area contributed by atoms with E-state index in [0.717, 1.165) is 56.4 Å². The maximum Gasteiger partial charge on any atom is 0.202 e. The van der Waals surface area contributed by atoms with Crippen LogP contribution in [0, 0.1) is 0 Å². The molecular weight excluding hydrogens is 1260 g/mol. The number of carbonyl (C=O) groups is 2. The number of rotatable bonds is 30. The Bertz CT molecular complexity index is 4130. The Labute approximate surface area is 567 Å². The fourth-order valence-corrected chi connectivity index (χ4v) is 23.6. The quantitative estimate of drug-likeness (QED) is 0.0332. The number of thiophene rings is 7. The average Bonchev–Trinajstić information content (AvgIpc) is 1.84. The summed E-state index contributed by atoms with van der Waals surface area (Å²) >= 11 is 16.4. The number of carbonyl (C=O) groups excluding carboxylic acids is 2. The van der Waals surface area contributed by atoms with Crippen molar-refractivity contribution < 1.29 is 9.59 Å². The van der Waals surface area contributed by atoms with E-state index in [9.17, 15) is 9.59 Å². The standard InChI is InChI=1S/C78H88O2S9/c1-9-13-15-17-19-21-23-25-27-29-33-49-39-63(52-43-64-56(41-51(52)61-35-31-37-82-61)69(79)75(85-64)76-70(80)57-42-55(62-36-32-38-83-62)60(77(5,6)7)46-65(57)86-76)84-71(49)66-44-53-58-47-81-48-59(58)54-45-67(88-74(54)73(53)87-66)72-50(40-68(89-72)78(8,11-3)12-4)34-30-28-26-24-22-20-18-16-14-10-2/h31-32,35-48H,9-30,33-34H2,1-8H3/b76-75+. The van der Waals surface area contributed by atoms with Gasteiger partial charge in [0.25, 0.3) is 0 Å². The molecule has 0 saturated carbocycles. The predicted octanol–water partition coefficient (Wildman–Crippen LogP) is 28.7. The van der Waals surface area contributed by atoms with Gasteiger partial charge in [0.15, 0.2) is 0 Å². The van der Waals surface area contributed by atoms with Crippen LogP contribution in [0.1, 0.15) is 239 Å². The van der Waals surface area contributed by atoms with Crippen molar-refractivity contribution >= 4 is 145 Å². The third-order valence-electron chi connectivity index (χ3n) is 19.2. The molecular formula is C78H88O2S9. The number of fused-ring (bicyclic) bond motifs is 8. The van der Waals surface area contributed by atoms with Crippen molar-refractivity contribution in [2.75, 3.05) is 0 Å². The van der Waals surface area contributed by atoms with Gasteiger partial charge in [-0.25, -0.2) is 0 Å². The number of allylic oxidation sites excluding steroid dienone is 2. The highest BCUT2D eigenvalue weighted by Crippen LogP contribution is 2.57. The maximum absolute atomic E-state index is 14.9. The van der Waals surface area contributed by atoms with Crippen molar-refractivity contribution in [3.05, 3.63) is 137 Å². The van der Waals surface area contributed by atoms with Gasteiger partial charge < -0.3 is 0 Å². The first-order valence-electron chi connectivity index (χ1n) is 33.6. The third kappa shape index (κ3) is 13.9. The van der Waals surface area contributed by atoms with Crippen molar-refractivity contribution in [3.8, 4) is 50.8 Å². The summed E-state index contributed by atoms with van der Waals surface area (Å²) in [5.74, 6) is -0.0833. The summed E-state index contributed by atoms with van der Waals surface area (Å²) < 4.78 is 2.85. The van der Waals surface area contributed by atoms with Crippen LogP contribution in [-0.2, 0) is 23.7 Å². The largest absolute Gasteiger partial charge is 0.288 e. The van der Waals surface area contributed by atoms with Crippen LogP contribution in [0.15, 0.2) is 114 Å². The zero-order valence-electron chi connectivity index (χ0n) is 53.7. The lowest BCUT2D eigenvalue weighted by molar-refractivity contribution is 0.101. The lowest BCUT2D eigenvalue weighted by atomic mass is 9.82. The van der Waals surface area contributed by atoms with Gasteiger partial charge in [0.1, 0.15) is 0 Å². The molecule has 0 bridgehead atoms. The van der Waals surface area contributed by atoms with Crippen LogP contribution >= 0.6 is 103 Å². The van der Waals surface area contributed by atoms with Crippen LogP contribution in [0.4, 0.5) is 0 Å². The molecule has 0 saturated heterocycles. The van der Waals surface area contributed by atoms with Crippen LogP contribution in [0.2, 0.25) is 0 Å². The summed E-state index contributed by atoms with van der Waals surface area (Å²) in [7, 11) is 0. The van der Waals surface area contributed by atoms with E-state index < -0.39 is 0 Å². The number of aryl methyl sites for hydroxylation is 2. The van der Waals surface area contributed by atoms with E-state index in [1.807, 2.05) is 45.3 Å². The van der Waals surface area contributed by atoms with Crippen LogP contribution in [-0.4, -0.2) is 11.6 Å². The number of ketones is 2. The van der Waals surface area contributed by atoms with Crippen LogP contribution in [0.5, 0.6) is 0 Å². The molecule has 9 heterocycles. The SMILES string of the molecule is CCCCCCCCCCCCc1cc(-c2cc3c(cc2-c2cccs2)C(=O)/C(=C2\Sc4cc(C(C)(C)C)c(-c5cccs5)cc4C2=O)S3)sc1-c1cc2c3cscc3c3cc(-c4sc(C(C)(CC)CC)cc4CCCCCCCCCCCC)sc3c2s1. The Hall–Kier alpha value is -3.88. The van der Waals surface area contributed by atoms with Crippen molar-refractivity contribution in [1.29, 1.82) is 0 Å². The van der Waals surface area contributed by atoms with Crippen LogP contribution in [0.25, 0.3) is 81.8 Å². The molecule has 0 spiro atoms. The van der Waals surface area contributed by atoms with Gasteiger partial charge in [0.05, 0.1) is 19.2 Å². The van der Waals surface area contributed by atoms with E-state index in [1.165, 1.54) is 224 Å². The minimum Gasteiger partial charge on any atom is -0.288 e. The second kappa shape index (κ2) is 29.2. The fourth-order valence-electron chi connectivity index (χ4n) is 13.4. The average molecular weight is 1350 g/mol. The summed E-state index contributed by atoms with van der Waals surface area (Å²) in [5.41, 5.74) is 9.04. The molecule has 12 rings (SSSR count). The highest BCUT2D eigenvalue weighted by atomic mass is 32.2. The van der Waals surface area contributed by atoms with E-state index in [0.29, 0.717) is 20.9 Å². The first-order valence-corrected chi connectivity index (χ1v) is 41.2. The zero-order valence-corrected chi connectivity index (χ0v) is 61.0. The molecule has 10 aromatic rings. The number of thioether (sulfide) groups is 2. The van der Waals surface area contributed by atoms with Gasteiger partial charge in [0, 0.05) is 98.0 Å². The molecule has 0 atom stereocenters. The Balaban J connectivity index is 0.899. The minimum atomic E-state index is -0.129. The Kier molecular flexibility index (Phi) is 21.4. The summed E-state index contributed by atoms with van der Waals surface area (Å²) in [6.45, 7) is 18.6. The van der Waals surface area contributed by atoms with Gasteiger partial charge in [-0.15, -0.1) is 68.0 Å². The number of benzene rings is 3. The summed E-state index contributed by atoms with van der Waals surface area (Å²) in [4.78, 5) is 43.4. The second-order valence-electron chi connectivity index (χ2n) is 26.5. The van der Waals surface area contributed by atoms with Crippen molar-refractivity contribution in [3.63, 3.8) is 0 Å². The highest BCUT2D eigenvalue weighted by molar-refractivity contribution is 8.08. The van der Waals surface area contributed by atoms with Gasteiger partial charge in [-0.05, 0) is 148 Å². The van der Waals surface area contributed by atoms with E-state index in [-0.39, 0.29) is 22.4 Å². The molecule has 11 heteroatoms.